The van der Waals surface area contributed by atoms with Crippen LogP contribution < -0.4 is 0 Å². The Bertz CT molecular complexity index is 788. The zero-order chi connectivity index (χ0) is 16.1. The standard InChI is InChI=1S/C22H21N/c1-17(13-19-9-5-3-6-10-19)18(2)21-14-22(16-23-15-21)20-11-7-4-8-12-20/h3-16,18H,1-2H3/b17-13+/t18-/m0/s1. The van der Waals surface area contributed by atoms with Gasteiger partial charge in [-0.15, -0.1) is 0 Å². The minimum atomic E-state index is 0.339. The Morgan fingerprint density at radius 3 is 2.22 bits per heavy atom. The first-order valence-corrected chi connectivity index (χ1v) is 7.97. The summed E-state index contributed by atoms with van der Waals surface area (Å²) >= 11 is 0. The van der Waals surface area contributed by atoms with Gasteiger partial charge in [-0.3, -0.25) is 4.98 Å². The number of hydrogen-bond acceptors (Lipinski definition) is 1. The Labute approximate surface area is 138 Å². The first-order chi connectivity index (χ1) is 11.2. The average Bonchev–Trinajstić information content (AvgIpc) is 2.63. The predicted octanol–water partition coefficient (Wildman–Crippen LogP) is 5.96. The van der Waals surface area contributed by atoms with Crippen LogP contribution in [0.3, 0.4) is 0 Å². The van der Waals surface area contributed by atoms with Crippen LogP contribution in [0.2, 0.25) is 0 Å². The van der Waals surface area contributed by atoms with Crippen LogP contribution in [0.1, 0.15) is 30.9 Å². The normalized spacial score (nSPS) is 12.9. The Morgan fingerprint density at radius 2 is 1.52 bits per heavy atom. The van der Waals surface area contributed by atoms with E-state index in [2.05, 4.69) is 79.5 Å². The van der Waals surface area contributed by atoms with Crippen molar-refractivity contribution in [1.29, 1.82) is 0 Å². The number of nitrogens with zero attached hydrogens (tertiary/aromatic N) is 1. The molecule has 0 unspecified atom stereocenters. The first-order valence-electron chi connectivity index (χ1n) is 7.97. The Balaban J connectivity index is 1.88. The third-order valence-electron chi connectivity index (χ3n) is 4.24. The summed E-state index contributed by atoms with van der Waals surface area (Å²) < 4.78 is 0. The molecular weight excluding hydrogens is 278 g/mol. The van der Waals surface area contributed by atoms with Crippen molar-refractivity contribution in [2.75, 3.05) is 0 Å². The second kappa shape index (κ2) is 7.06. The molecule has 1 aromatic heterocycles. The van der Waals surface area contributed by atoms with E-state index in [1.54, 1.807) is 0 Å². The van der Waals surface area contributed by atoms with E-state index in [-0.39, 0.29) is 0 Å². The lowest BCUT2D eigenvalue weighted by Crippen LogP contribution is -1.97. The van der Waals surface area contributed by atoms with Crippen LogP contribution >= 0.6 is 0 Å². The van der Waals surface area contributed by atoms with Crippen molar-refractivity contribution in [3.8, 4) is 11.1 Å². The molecule has 3 rings (SSSR count). The summed E-state index contributed by atoms with van der Waals surface area (Å²) in [6.07, 6.45) is 6.15. The summed E-state index contributed by atoms with van der Waals surface area (Å²) in [6.45, 7) is 4.42. The van der Waals surface area contributed by atoms with Gasteiger partial charge >= 0.3 is 0 Å². The van der Waals surface area contributed by atoms with E-state index in [1.165, 1.54) is 27.8 Å². The molecule has 0 fully saturated rings. The highest BCUT2D eigenvalue weighted by Crippen LogP contribution is 2.28. The van der Waals surface area contributed by atoms with Crippen LogP contribution in [-0.2, 0) is 0 Å². The molecule has 1 heteroatoms. The van der Waals surface area contributed by atoms with Gasteiger partial charge in [0.25, 0.3) is 0 Å². The third kappa shape index (κ3) is 3.75. The van der Waals surface area contributed by atoms with Crippen LogP contribution in [0, 0.1) is 0 Å². The van der Waals surface area contributed by atoms with E-state index in [0.29, 0.717) is 5.92 Å². The molecule has 1 heterocycles. The fourth-order valence-electron chi connectivity index (χ4n) is 2.68. The molecule has 3 aromatic rings. The lowest BCUT2D eigenvalue weighted by Gasteiger charge is -2.14. The van der Waals surface area contributed by atoms with E-state index in [1.807, 2.05) is 24.5 Å². The third-order valence-corrected chi connectivity index (χ3v) is 4.24. The summed E-state index contributed by atoms with van der Waals surface area (Å²) in [4.78, 5) is 4.44. The topological polar surface area (TPSA) is 12.9 Å². The molecule has 0 aliphatic rings. The molecule has 0 aliphatic carbocycles. The smallest absolute Gasteiger partial charge is 0.0346 e. The molecule has 0 saturated carbocycles. The largest absolute Gasteiger partial charge is 0.264 e. The van der Waals surface area contributed by atoms with E-state index >= 15 is 0 Å². The quantitative estimate of drug-likeness (QED) is 0.579. The molecule has 114 valence electrons. The maximum absolute atomic E-state index is 4.44. The van der Waals surface area contributed by atoms with E-state index in [0.717, 1.165) is 0 Å². The van der Waals surface area contributed by atoms with Crippen molar-refractivity contribution in [2.45, 2.75) is 19.8 Å². The van der Waals surface area contributed by atoms with Gasteiger partial charge in [-0.05, 0) is 29.7 Å². The van der Waals surface area contributed by atoms with Gasteiger partial charge in [-0.25, -0.2) is 0 Å². The molecule has 0 N–H and O–H groups in total. The van der Waals surface area contributed by atoms with Gasteiger partial charge in [-0.1, -0.05) is 79.2 Å². The van der Waals surface area contributed by atoms with Crippen molar-refractivity contribution in [3.63, 3.8) is 0 Å². The lowest BCUT2D eigenvalue weighted by molar-refractivity contribution is 0.892. The van der Waals surface area contributed by atoms with Crippen molar-refractivity contribution >= 4 is 6.08 Å². The zero-order valence-corrected chi connectivity index (χ0v) is 13.6. The van der Waals surface area contributed by atoms with E-state index < -0.39 is 0 Å². The molecule has 0 bridgehead atoms. The fourth-order valence-corrected chi connectivity index (χ4v) is 2.68. The predicted molar refractivity (Wildman–Crippen MR) is 98.2 cm³/mol. The van der Waals surface area contributed by atoms with Crippen molar-refractivity contribution in [1.82, 2.24) is 4.98 Å². The summed E-state index contributed by atoms with van der Waals surface area (Å²) in [5.74, 6) is 0.339. The highest BCUT2D eigenvalue weighted by Gasteiger charge is 2.09. The van der Waals surface area contributed by atoms with Gasteiger partial charge in [-0.2, -0.15) is 0 Å². The Hall–Kier alpha value is -2.67. The molecule has 0 spiro atoms. The van der Waals surface area contributed by atoms with Gasteiger partial charge < -0.3 is 0 Å². The molecule has 0 radical (unpaired) electrons. The number of aromatic nitrogens is 1. The SMILES string of the molecule is C/C(=C\c1ccccc1)[C@H](C)c1cncc(-c2ccccc2)c1. The number of rotatable bonds is 4. The molecule has 1 nitrogen and oxygen atoms in total. The van der Waals surface area contributed by atoms with Crippen molar-refractivity contribution in [2.24, 2.45) is 0 Å². The highest BCUT2D eigenvalue weighted by atomic mass is 14.6. The van der Waals surface area contributed by atoms with Crippen LogP contribution in [-0.4, -0.2) is 4.98 Å². The second-order valence-electron chi connectivity index (χ2n) is 5.89. The fraction of sp³-hybridized carbons (Fsp3) is 0.136. The Morgan fingerprint density at radius 1 is 0.870 bits per heavy atom. The van der Waals surface area contributed by atoms with Gasteiger partial charge in [0, 0.05) is 23.9 Å². The molecule has 0 aliphatic heterocycles. The summed E-state index contributed by atoms with van der Waals surface area (Å²) in [6, 6.07) is 23.1. The second-order valence-corrected chi connectivity index (χ2v) is 5.89. The zero-order valence-electron chi connectivity index (χ0n) is 13.6. The van der Waals surface area contributed by atoms with Crippen LogP contribution in [0.25, 0.3) is 17.2 Å². The molecular formula is C22H21N. The molecule has 0 amide bonds. The number of pyridine rings is 1. The van der Waals surface area contributed by atoms with Gasteiger partial charge in [0.2, 0.25) is 0 Å². The highest BCUT2D eigenvalue weighted by molar-refractivity contribution is 5.63. The molecule has 23 heavy (non-hydrogen) atoms. The summed E-state index contributed by atoms with van der Waals surface area (Å²) in [5.41, 5.74) is 6.20. The number of benzene rings is 2. The monoisotopic (exact) mass is 299 g/mol. The Kier molecular flexibility index (Phi) is 4.68. The molecule has 2 aromatic carbocycles. The summed E-state index contributed by atoms with van der Waals surface area (Å²) in [7, 11) is 0. The first kappa shape index (κ1) is 15.2. The van der Waals surface area contributed by atoms with E-state index in [9.17, 15) is 0 Å². The summed E-state index contributed by atoms with van der Waals surface area (Å²) in [5, 5.41) is 0. The van der Waals surface area contributed by atoms with E-state index in [4.69, 9.17) is 0 Å². The maximum atomic E-state index is 4.44. The van der Waals surface area contributed by atoms with Crippen LogP contribution in [0.4, 0.5) is 0 Å². The van der Waals surface area contributed by atoms with Crippen LogP contribution in [0.5, 0.6) is 0 Å². The number of hydrogen-bond donors (Lipinski definition) is 0. The van der Waals surface area contributed by atoms with Gasteiger partial charge in [0.15, 0.2) is 0 Å². The molecule has 0 saturated heterocycles. The van der Waals surface area contributed by atoms with Crippen molar-refractivity contribution < 1.29 is 0 Å². The maximum Gasteiger partial charge on any atom is 0.0346 e. The lowest BCUT2D eigenvalue weighted by atomic mass is 9.92. The molecule has 1 atom stereocenters. The number of allylic oxidation sites excluding steroid dienone is 1. The van der Waals surface area contributed by atoms with Gasteiger partial charge in [0.1, 0.15) is 0 Å². The minimum Gasteiger partial charge on any atom is -0.264 e. The minimum absolute atomic E-state index is 0.339. The van der Waals surface area contributed by atoms with Crippen LogP contribution in [0.15, 0.2) is 84.7 Å². The average molecular weight is 299 g/mol. The van der Waals surface area contributed by atoms with Crippen molar-refractivity contribution in [3.05, 3.63) is 95.8 Å². The van der Waals surface area contributed by atoms with Gasteiger partial charge in [0.05, 0.1) is 0 Å².